The van der Waals surface area contributed by atoms with Crippen LogP contribution < -0.4 is 59.3 Å². The van der Waals surface area contributed by atoms with Crippen LogP contribution in [-0.2, 0) is 60.8 Å². The van der Waals surface area contributed by atoms with Crippen molar-refractivity contribution in [3.8, 4) is 0 Å². The van der Waals surface area contributed by atoms with Crippen LogP contribution in [0, 0.1) is 23.7 Å². The minimum absolute atomic E-state index is 0.0218. The maximum atomic E-state index is 14.1. The number of nitrogens with one attached hydrogen (secondary N) is 9. The van der Waals surface area contributed by atoms with Crippen molar-refractivity contribution in [2.45, 2.75) is 148 Å². The molecule has 0 bridgehead atoms. The smallest absolute Gasteiger partial charge is 0.326 e. The van der Waals surface area contributed by atoms with Crippen LogP contribution in [0.3, 0.4) is 0 Å². The number of aliphatic carboxylic acids is 1. The molecule has 77 heavy (non-hydrogen) atoms. The van der Waals surface area contributed by atoms with Crippen molar-refractivity contribution < 1.29 is 63.3 Å². The van der Waals surface area contributed by atoms with Crippen molar-refractivity contribution in [1.29, 1.82) is 0 Å². The second-order valence-electron chi connectivity index (χ2n) is 20.4. The Bertz CT molecular complexity index is 2250. The fourth-order valence-electron chi connectivity index (χ4n) is 7.71. The van der Waals surface area contributed by atoms with Gasteiger partial charge in [0.15, 0.2) is 0 Å². The van der Waals surface area contributed by atoms with Gasteiger partial charge in [-0.3, -0.25) is 43.2 Å². The van der Waals surface area contributed by atoms with E-state index in [1.165, 1.54) is 0 Å². The number of carboxylic acid groups (broad SMARTS) is 1. The summed E-state index contributed by atoms with van der Waals surface area (Å²) >= 11 is 0. The largest absolute Gasteiger partial charge is 0.480 e. The van der Waals surface area contributed by atoms with Crippen LogP contribution in [-0.4, -0.2) is 155 Å². The number of nitrogens with two attached hydrogens (primary N) is 2. The molecule has 2 rings (SSSR count). The lowest BCUT2D eigenvalue weighted by Gasteiger charge is -2.28. The molecule has 0 aliphatic rings. The minimum atomic E-state index is -1.66. The first kappa shape index (κ1) is 66.1. The summed E-state index contributed by atoms with van der Waals surface area (Å²) in [6.07, 6.45) is 0.755. The van der Waals surface area contributed by atoms with E-state index in [0.717, 1.165) is 0 Å². The third-order valence-corrected chi connectivity index (χ3v) is 12.3. The van der Waals surface area contributed by atoms with Gasteiger partial charge in [0.25, 0.3) is 0 Å². The summed E-state index contributed by atoms with van der Waals surface area (Å²) in [5.74, 6) is -10.2. The van der Waals surface area contributed by atoms with Gasteiger partial charge < -0.3 is 74.6 Å². The number of amides is 9. The lowest BCUT2D eigenvalue weighted by molar-refractivity contribution is -0.142. The maximum Gasteiger partial charge on any atom is 0.326 e. The number of carboxylic acids is 1. The second kappa shape index (κ2) is 33.9. The van der Waals surface area contributed by atoms with E-state index in [4.69, 9.17) is 11.5 Å². The number of aliphatic hydroxyl groups excluding tert-OH is 2. The molecule has 24 heteroatoms. The van der Waals surface area contributed by atoms with Gasteiger partial charge in [-0.05, 0) is 67.0 Å². The number of hydrogen-bond acceptors (Lipinski definition) is 14. The molecule has 2 aromatic rings. The average molecular weight is 1080 g/mol. The van der Waals surface area contributed by atoms with E-state index in [1.807, 2.05) is 0 Å². The molecule has 9 atom stereocenters. The third kappa shape index (κ3) is 23.4. The zero-order chi connectivity index (χ0) is 57.9. The van der Waals surface area contributed by atoms with Crippen LogP contribution in [0.15, 0.2) is 60.7 Å². The number of carbonyl (C=O) groups is 10. The Kier molecular flexibility index (Phi) is 29.1. The molecule has 2 aromatic carbocycles. The van der Waals surface area contributed by atoms with Gasteiger partial charge in [-0.15, -0.1) is 0 Å². The molecule has 0 saturated heterocycles. The predicted molar refractivity (Wildman–Crippen MR) is 285 cm³/mol. The zero-order valence-electron chi connectivity index (χ0n) is 45.4. The lowest BCUT2D eigenvalue weighted by atomic mass is 9.98. The Balaban J connectivity index is 2.18. The summed E-state index contributed by atoms with van der Waals surface area (Å²) in [5.41, 5.74) is 12.9. The molecule has 428 valence electrons. The van der Waals surface area contributed by atoms with Gasteiger partial charge in [0, 0.05) is 12.8 Å². The van der Waals surface area contributed by atoms with Crippen LogP contribution in [0.1, 0.15) is 92.2 Å². The monoisotopic (exact) mass is 1080 g/mol. The van der Waals surface area contributed by atoms with Gasteiger partial charge in [-0.2, -0.15) is 0 Å². The molecule has 0 fully saturated rings. The fourth-order valence-corrected chi connectivity index (χ4v) is 7.71. The third-order valence-electron chi connectivity index (χ3n) is 12.3. The highest BCUT2D eigenvalue weighted by atomic mass is 16.4. The standard InChI is InChI=1S/C53H83N11O13/c1-29(2)23-36(47(70)58-37(24-33-17-11-9-12-18-33)48(71)60-38(53(76)77)25-34-19-13-10-14-20-34)59-51(74)43(31(5)6)63-41(67)26-56-45(68)39(27-65)61-46(69)35(21-15-16-22-54)57-49(72)40(28-66)62-52(75)44(32(7)8)64-50(73)42(55)30(3)4/h9-14,17-20,29-32,35-40,42-44,65-66H,15-16,21-28,54-55H2,1-8H3,(H,56,68)(H,57,72)(H,58,70)(H,59,74)(H,60,71)(H,61,69)(H,62,75)(H,63,67)(H,64,73)(H,76,77)/t35-,36-,37-,38-,39-,40-,42-,43-,44-/m0/s1. The van der Waals surface area contributed by atoms with Gasteiger partial charge >= 0.3 is 5.97 Å². The van der Waals surface area contributed by atoms with Crippen LogP contribution >= 0.6 is 0 Å². The van der Waals surface area contributed by atoms with E-state index in [2.05, 4.69) is 47.9 Å². The zero-order valence-corrected chi connectivity index (χ0v) is 45.4. The van der Waals surface area contributed by atoms with Crippen LogP contribution in [0.25, 0.3) is 0 Å². The Morgan fingerprint density at radius 2 is 0.883 bits per heavy atom. The summed E-state index contributed by atoms with van der Waals surface area (Å²) < 4.78 is 0. The molecule has 0 unspecified atom stereocenters. The molecule has 0 heterocycles. The molecule has 0 radical (unpaired) electrons. The van der Waals surface area contributed by atoms with Gasteiger partial charge in [0.1, 0.15) is 48.3 Å². The van der Waals surface area contributed by atoms with Crippen LogP contribution in [0.2, 0.25) is 0 Å². The Hall–Kier alpha value is -7.02. The van der Waals surface area contributed by atoms with Gasteiger partial charge in [0.2, 0.25) is 53.2 Å². The van der Waals surface area contributed by atoms with Crippen molar-refractivity contribution in [3.05, 3.63) is 71.8 Å². The molecule has 9 amide bonds. The van der Waals surface area contributed by atoms with E-state index < -0.39 is 145 Å². The minimum Gasteiger partial charge on any atom is -0.480 e. The molecule has 0 aliphatic carbocycles. The highest BCUT2D eigenvalue weighted by molar-refractivity contribution is 5.98. The van der Waals surface area contributed by atoms with Crippen molar-refractivity contribution in [2.24, 2.45) is 35.1 Å². The number of hydrogen-bond donors (Lipinski definition) is 14. The maximum absolute atomic E-state index is 14.1. The first-order chi connectivity index (χ1) is 36.3. The first-order valence-corrected chi connectivity index (χ1v) is 26.0. The SMILES string of the molecule is CC(C)C[C@H](NC(=O)[C@@H](NC(=O)CNC(=O)[C@H](CO)NC(=O)[C@H](CCCCN)NC(=O)[C@H](CO)NC(=O)[C@@H](NC(=O)[C@@H](N)C(C)C)C(C)C)C(C)C)C(=O)N[C@@H](Cc1ccccc1)C(=O)N[C@@H](Cc1ccccc1)C(=O)O. The van der Waals surface area contributed by atoms with Crippen molar-refractivity contribution in [2.75, 3.05) is 26.3 Å². The van der Waals surface area contributed by atoms with Crippen molar-refractivity contribution >= 4 is 59.1 Å². The Labute approximate surface area is 450 Å². The molecule has 24 nitrogen and oxygen atoms in total. The number of aliphatic hydroxyl groups is 2. The predicted octanol–water partition coefficient (Wildman–Crippen LogP) is -1.99. The van der Waals surface area contributed by atoms with Gasteiger partial charge in [-0.1, -0.05) is 116 Å². The van der Waals surface area contributed by atoms with E-state index in [1.54, 1.807) is 116 Å². The van der Waals surface area contributed by atoms with E-state index >= 15 is 0 Å². The second-order valence-corrected chi connectivity index (χ2v) is 20.4. The number of carbonyl (C=O) groups excluding carboxylic acids is 9. The molecular formula is C53H83N11O13. The molecule has 0 aliphatic heterocycles. The highest BCUT2D eigenvalue weighted by Crippen LogP contribution is 2.12. The normalized spacial score (nSPS) is 14.8. The Morgan fingerprint density at radius 1 is 0.468 bits per heavy atom. The van der Waals surface area contributed by atoms with E-state index in [9.17, 15) is 63.3 Å². The molecule has 16 N–H and O–H groups in total. The highest BCUT2D eigenvalue weighted by Gasteiger charge is 2.35. The summed E-state index contributed by atoms with van der Waals surface area (Å²) in [5, 5.41) is 52.8. The quantitative estimate of drug-likeness (QED) is 0.0338. The number of benzene rings is 2. The topological polar surface area (TPSA) is 392 Å². The summed E-state index contributed by atoms with van der Waals surface area (Å²) in [6, 6.07) is 5.64. The number of rotatable bonds is 34. The molecular weight excluding hydrogens is 999 g/mol. The fraction of sp³-hybridized carbons (Fsp3) is 0.585. The van der Waals surface area contributed by atoms with E-state index in [-0.39, 0.29) is 44.1 Å². The van der Waals surface area contributed by atoms with Crippen LogP contribution in [0.4, 0.5) is 0 Å². The Morgan fingerprint density at radius 3 is 1.36 bits per heavy atom. The summed E-state index contributed by atoms with van der Waals surface area (Å²) in [4.78, 5) is 134. The van der Waals surface area contributed by atoms with Crippen molar-refractivity contribution in [1.82, 2.24) is 47.9 Å². The molecule has 0 spiro atoms. The summed E-state index contributed by atoms with van der Waals surface area (Å²) in [6.45, 7) is 11.3. The average Bonchev–Trinajstić information content (AvgIpc) is 3.38. The molecule has 0 aromatic heterocycles. The first-order valence-electron chi connectivity index (χ1n) is 26.0. The van der Waals surface area contributed by atoms with Crippen LogP contribution in [0.5, 0.6) is 0 Å². The number of unbranched alkanes of at least 4 members (excludes halogenated alkanes) is 1. The van der Waals surface area contributed by atoms with Gasteiger partial charge in [0.05, 0.1) is 25.8 Å². The van der Waals surface area contributed by atoms with E-state index in [0.29, 0.717) is 24.0 Å². The van der Waals surface area contributed by atoms with Crippen molar-refractivity contribution in [3.63, 3.8) is 0 Å². The lowest BCUT2D eigenvalue weighted by Crippen LogP contribution is -2.61. The summed E-state index contributed by atoms with van der Waals surface area (Å²) in [7, 11) is 0. The van der Waals surface area contributed by atoms with Gasteiger partial charge in [-0.25, -0.2) is 4.79 Å². The molecule has 0 saturated carbocycles.